The van der Waals surface area contributed by atoms with E-state index >= 15 is 0 Å². The van der Waals surface area contributed by atoms with Crippen LogP contribution in [0.25, 0.3) is 0 Å². The van der Waals surface area contributed by atoms with E-state index in [1.807, 2.05) is 41.1 Å². The third kappa shape index (κ3) is 1.96. The fraction of sp³-hybridized carbons (Fsp3) is 0.600. The minimum absolute atomic E-state index is 0.0452. The molecule has 0 spiro atoms. The average molecular weight is 358 g/mol. The standard InChI is InChI=1S/C20H27N3O3/c1-3-26-18(25)19-13-23(14-9-5-4-6-10-14)17(24)20(19,21)22(2)16-12-8-7-11-15(16)19/h7-8,11-12,14H,3-6,9-10,13,21H2,1-2H3/p+1/t19-,20+/m1/s1. The number of likely N-dealkylation sites (tertiary alicyclic amines) is 1. The number of para-hydroxylation sites is 1. The Balaban J connectivity index is 1.86. The van der Waals surface area contributed by atoms with Crippen molar-refractivity contribution < 1.29 is 20.1 Å². The van der Waals surface area contributed by atoms with E-state index in [2.05, 4.69) is 5.73 Å². The molecule has 4 rings (SSSR count). The molecule has 3 aliphatic rings. The molecule has 0 aromatic heterocycles. The van der Waals surface area contributed by atoms with E-state index in [1.54, 1.807) is 6.92 Å². The Kier molecular flexibility index (Phi) is 3.99. The van der Waals surface area contributed by atoms with Gasteiger partial charge in [-0.15, -0.1) is 0 Å². The molecule has 1 aromatic carbocycles. The molecule has 1 aliphatic carbocycles. The summed E-state index contributed by atoms with van der Waals surface area (Å²) in [6, 6.07) is 7.97. The molecule has 2 aliphatic heterocycles. The predicted molar refractivity (Wildman–Crippen MR) is 97.4 cm³/mol. The van der Waals surface area contributed by atoms with Gasteiger partial charge in [0.25, 0.3) is 5.66 Å². The van der Waals surface area contributed by atoms with Crippen LogP contribution in [-0.4, -0.2) is 48.7 Å². The lowest BCUT2D eigenvalue weighted by atomic mass is 9.74. The highest BCUT2D eigenvalue weighted by Gasteiger charge is 2.77. The zero-order valence-electron chi connectivity index (χ0n) is 15.7. The lowest BCUT2D eigenvalue weighted by Gasteiger charge is -2.33. The van der Waals surface area contributed by atoms with Crippen LogP contribution in [0.15, 0.2) is 24.3 Å². The van der Waals surface area contributed by atoms with Crippen LogP contribution < -0.4 is 10.6 Å². The van der Waals surface area contributed by atoms with E-state index in [0.717, 1.165) is 36.9 Å². The Morgan fingerprint density at radius 2 is 1.96 bits per heavy atom. The number of hydrogen-bond donors (Lipinski definition) is 1. The van der Waals surface area contributed by atoms with Gasteiger partial charge in [0.2, 0.25) is 0 Å². The third-order valence-electron chi connectivity index (χ3n) is 6.67. The van der Waals surface area contributed by atoms with Gasteiger partial charge in [0.15, 0.2) is 5.41 Å². The number of carbonyl (C=O) groups excluding carboxylic acids is 2. The second-order valence-electron chi connectivity index (χ2n) is 7.79. The van der Waals surface area contributed by atoms with Crippen LogP contribution in [0.5, 0.6) is 0 Å². The van der Waals surface area contributed by atoms with Gasteiger partial charge < -0.3 is 20.3 Å². The maximum absolute atomic E-state index is 13.6. The van der Waals surface area contributed by atoms with Gasteiger partial charge in [-0.25, -0.2) is 0 Å². The number of esters is 1. The first-order valence-electron chi connectivity index (χ1n) is 9.65. The van der Waals surface area contributed by atoms with Gasteiger partial charge in [0, 0.05) is 24.3 Å². The molecule has 140 valence electrons. The van der Waals surface area contributed by atoms with Crippen molar-refractivity contribution in [1.29, 1.82) is 0 Å². The first-order valence-corrected chi connectivity index (χ1v) is 9.65. The molecule has 0 radical (unpaired) electrons. The summed E-state index contributed by atoms with van der Waals surface area (Å²) < 4.78 is 5.50. The van der Waals surface area contributed by atoms with E-state index in [1.165, 1.54) is 6.42 Å². The van der Waals surface area contributed by atoms with Crippen molar-refractivity contribution in [2.75, 3.05) is 25.1 Å². The van der Waals surface area contributed by atoms with Gasteiger partial charge in [-0.05, 0) is 25.8 Å². The number of anilines is 1. The SMILES string of the molecule is CCOC(=O)[C@]12CN(C3CCCCC3)C(=O)[C@]1([NH3+])N(C)c1ccccc12. The van der Waals surface area contributed by atoms with Crippen LogP contribution in [-0.2, 0) is 19.7 Å². The lowest BCUT2D eigenvalue weighted by Crippen LogP contribution is -2.88. The number of benzene rings is 1. The number of likely N-dealkylation sites (N-methyl/N-ethyl adjacent to an activating group) is 1. The third-order valence-corrected chi connectivity index (χ3v) is 6.67. The van der Waals surface area contributed by atoms with Gasteiger partial charge in [0.05, 0.1) is 13.2 Å². The van der Waals surface area contributed by atoms with Gasteiger partial charge in [-0.3, -0.25) is 9.59 Å². The summed E-state index contributed by atoms with van der Waals surface area (Å²) in [6.45, 7) is 2.46. The van der Waals surface area contributed by atoms with Crippen LogP contribution in [0.1, 0.15) is 44.6 Å². The van der Waals surface area contributed by atoms with Crippen LogP contribution in [0.4, 0.5) is 5.69 Å². The molecule has 1 aromatic rings. The topological polar surface area (TPSA) is 77.5 Å². The van der Waals surface area contributed by atoms with E-state index in [-0.39, 0.29) is 17.9 Å². The largest absolute Gasteiger partial charge is 0.465 e. The summed E-state index contributed by atoms with van der Waals surface area (Å²) in [7, 11) is 1.87. The highest BCUT2D eigenvalue weighted by Crippen LogP contribution is 2.54. The molecule has 0 unspecified atom stereocenters. The highest BCUT2D eigenvalue weighted by atomic mass is 16.5. The van der Waals surface area contributed by atoms with Crippen molar-refractivity contribution in [2.45, 2.75) is 56.1 Å². The fourth-order valence-corrected chi connectivity index (χ4v) is 5.23. The van der Waals surface area contributed by atoms with Crippen molar-refractivity contribution in [3.05, 3.63) is 29.8 Å². The van der Waals surface area contributed by atoms with Crippen LogP contribution in [0.2, 0.25) is 0 Å². The molecule has 2 fully saturated rings. The summed E-state index contributed by atoms with van der Waals surface area (Å²) in [5, 5.41) is 0. The Hall–Kier alpha value is -2.08. The minimum Gasteiger partial charge on any atom is -0.465 e. The molecule has 0 bridgehead atoms. The van der Waals surface area contributed by atoms with E-state index in [4.69, 9.17) is 4.74 Å². The van der Waals surface area contributed by atoms with Crippen LogP contribution in [0, 0.1) is 0 Å². The van der Waals surface area contributed by atoms with Gasteiger partial charge in [-0.1, -0.05) is 37.5 Å². The fourth-order valence-electron chi connectivity index (χ4n) is 5.23. The molecule has 1 saturated carbocycles. The number of rotatable bonds is 3. The molecule has 1 amide bonds. The molecule has 26 heavy (non-hydrogen) atoms. The number of fused-ring (bicyclic) bond motifs is 3. The number of hydrogen-bond acceptors (Lipinski definition) is 4. The number of nitrogens with zero attached hydrogens (tertiary/aromatic N) is 2. The summed E-state index contributed by atoms with van der Waals surface area (Å²) in [6.07, 6.45) is 5.51. The maximum Gasteiger partial charge on any atom is 0.327 e. The summed E-state index contributed by atoms with van der Waals surface area (Å²) >= 11 is 0. The van der Waals surface area contributed by atoms with E-state index in [9.17, 15) is 9.59 Å². The molecule has 6 nitrogen and oxygen atoms in total. The first-order chi connectivity index (χ1) is 12.5. The smallest absolute Gasteiger partial charge is 0.327 e. The second kappa shape index (κ2) is 5.98. The summed E-state index contributed by atoms with van der Waals surface area (Å²) in [4.78, 5) is 30.7. The summed E-state index contributed by atoms with van der Waals surface area (Å²) in [5.74, 6) is -0.380. The highest BCUT2D eigenvalue weighted by molar-refractivity contribution is 6.06. The Labute approximate surface area is 154 Å². The molecule has 2 atom stereocenters. The normalized spacial score (nSPS) is 31.1. The Bertz CT molecular complexity index is 746. The van der Waals surface area contributed by atoms with Gasteiger partial charge in [0.1, 0.15) is 0 Å². The van der Waals surface area contributed by atoms with Crippen molar-refractivity contribution in [3.8, 4) is 0 Å². The zero-order chi connectivity index (χ0) is 18.5. The van der Waals surface area contributed by atoms with Crippen LogP contribution >= 0.6 is 0 Å². The average Bonchev–Trinajstić information content (AvgIpc) is 3.02. The van der Waals surface area contributed by atoms with Gasteiger partial charge in [-0.2, -0.15) is 0 Å². The van der Waals surface area contributed by atoms with Gasteiger partial charge >= 0.3 is 11.9 Å². The first kappa shape index (κ1) is 17.3. The van der Waals surface area contributed by atoms with Crippen LogP contribution in [0.3, 0.4) is 0 Å². The monoisotopic (exact) mass is 358 g/mol. The van der Waals surface area contributed by atoms with Crippen molar-refractivity contribution in [2.24, 2.45) is 0 Å². The molecule has 2 heterocycles. The number of amides is 1. The zero-order valence-corrected chi connectivity index (χ0v) is 15.7. The second-order valence-corrected chi connectivity index (χ2v) is 7.79. The minimum atomic E-state index is -1.18. The predicted octanol–water partition coefficient (Wildman–Crippen LogP) is 1.05. The van der Waals surface area contributed by atoms with E-state index in [0.29, 0.717) is 13.2 Å². The molecule has 3 N–H and O–H groups in total. The summed E-state index contributed by atoms with van der Waals surface area (Å²) in [5.41, 5.74) is 3.87. The quantitative estimate of drug-likeness (QED) is 0.820. The van der Waals surface area contributed by atoms with Crippen molar-refractivity contribution in [1.82, 2.24) is 4.90 Å². The molecular formula is C20H28N3O3+. The number of quaternary nitrogens is 1. The van der Waals surface area contributed by atoms with Crippen molar-refractivity contribution >= 4 is 17.6 Å². The molecular weight excluding hydrogens is 330 g/mol. The maximum atomic E-state index is 13.6. The Morgan fingerprint density at radius 3 is 2.65 bits per heavy atom. The lowest BCUT2D eigenvalue weighted by molar-refractivity contribution is -0.464. The number of carbonyl (C=O) groups is 2. The van der Waals surface area contributed by atoms with Crippen molar-refractivity contribution in [3.63, 3.8) is 0 Å². The Morgan fingerprint density at radius 1 is 1.27 bits per heavy atom. The molecule has 1 saturated heterocycles. The van der Waals surface area contributed by atoms with E-state index < -0.39 is 11.1 Å². The number of ether oxygens (including phenoxy) is 1. The molecule has 6 heteroatoms.